The number of aromatic hydroxyl groups is 1. The Kier molecular flexibility index (Phi) is 7.32. The van der Waals surface area contributed by atoms with E-state index >= 15 is 4.39 Å². The molecule has 0 aliphatic carbocycles. The number of piperidine rings is 1. The van der Waals surface area contributed by atoms with E-state index in [4.69, 9.17) is 15.6 Å². The molecule has 1 atom stereocenters. The van der Waals surface area contributed by atoms with E-state index < -0.39 is 5.82 Å². The van der Waals surface area contributed by atoms with Gasteiger partial charge in [0.05, 0.1) is 11.4 Å². The van der Waals surface area contributed by atoms with Crippen LogP contribution in [-0.2, 0) is 4.79 Å². The Bertz CT molecular complexity index is 1700. The second kappa shape index (κ2) is 10.9. The molecule has 3 heterocycles. The summed E-state index contributed by atoms with van der Waals surface area (Å²) in [6.07, 6.45) is 4.41. The van der Waals surface area contributed by atoms with Crippen LogP contribution in [0.1, 0.15) is 39.7 Å². The predicted octanol–water partition coefficient (Wildman–Crippen LogP) is 5.37. The lowest BCUT2D eigenvalue weighted by Gasteiger charge is -2.33. The standard InChI is InChI=1S/C30H30FN7O3/c1-30(2,3)14-18(15-32)29(40)37-11-5-6-19(16-37)38-28-25(27(33)34-17-35-28)26(36-38)23-10-9-22(13-24(23)31)41-21-8-4-7-20(39)12-21/h4,7-10,12-14,17,19,39H,5-6,11,16H2,1-3H3,(H2,33,34,35)/t19-/m1/s1. The lowest BCUT2D eigenvalue weighted by atomic mass is 9.93. The summed E-state index contributed by atoms with van der Waals surface area (Å²) < 4.78 is 22.9. The number of nitrogens with two attached hydrogens (primary N) is 1. The first-order chi connectivity index (χ1) is 19.5. The Labute approximate surface area is 236 Å². The molecule has 4 aromatic rings. The number of carbonyl (C=O) groups excluding carboxylic acids is 1. The fourth-order valence-corrected chi connectivity index (χ4v) is 4.96. The SMILES string of the molecule is CC(C)(C)C=C(C#N)C(=O)N1CCC[C@@H](n2nc(-c3ccc(Oc4cccc(O)c4)cc3F)c3c(N)ncnc32)C1. The number of nitrogen functional groups attached to an aromatic ring is 1. The average molecular weight is 556 g/mol. The second-order valence-electron chi connectivity index (χ2n) is 11.1. The first kappa shape index (κ1) is 27.6. The molecule has 10 nitrogen and oxygen atoms in total. The first-order valence-corrected chi connectivity index (χ1v) is 13.2. The molecule has 0 saturated carbocycles. The van der Waals surface area contributed by atoms with Gasteiger partial charge in [-0.15, -0.1) is 0 Å². The lowest BCUT2D eigenvalue weighted by Crippen LogP contribution is -2.41. The highest BCUT2D eigenvalue weighted by atomic mass is 19.1. The van der Waals surface area contributed by atoms with E-state index in [0.717, 1.165) is 0 Å². The van der Waals surface area contributed by atoms with Gasteiger partial charge in [0, 0.05) is 30.8 Å². The normalized spacial score (nSPS) is 16.0. The van der Waals surface area contributed by atoms with Crippen LogP contribution in [-0.4, -0.2) is 48.8 Å². The van der Waals surface area contributed by atoms with Crippen molar-refractivity contribution in [3.63, 3.8) is 0 Å². The summed E-state index contributed by atoms with van der Waals surface area (Å²) in [5.41, 5.74) is 6.90. The van der Waals surface area contributed by atoms with Crippen LogP contribution in [0.3, 0.4) is 0 Å². The number of benzene rings is 2. The molecule has 0 radical (unpaired) electrons. The molecule has 0 spiro atoms. The number of anilines is 1. The largest absolute Gasteiger partial charge is 0.508 e. The minimum atomic E-state index is -0.594. The van der Waals surface area contributed by atoms with Gasteiger partial charge in [-0.1, -0.05) is 32.9 Å². The van der Waals surface area contributed by atoms with Gasteiger partial charge in [-0.3, -0.25) is 4.79 Å². The number of nitriles is 1. The number of phenols is 1. The minimum Gasteiger partial charge on any atom is -0.508 e. The lowest BCUT2D eigenvalue weighted by molar-refractivity contribution is -0.128. The fourth-order valence-electron chi connectivity index (χ4n) is 4.96. The molecule has 1 fully saturated rings. The van der Waals surface area contributed by atoms with Crippen molar-refractivity contribution in [2.75, 3.05) is 18.8 Å². The fraction of sp³-hybridized carbons (Fsp3) is 0.300. The molecule has 2 aromatic heterocycles. The highest BCUT2D eigenvalue weighted by Gasteiger charge is 2.31. The molecule has 3 N–H and O–H groups in total. The van der Waals surface area contributed by atoms with Gasteiger partial charge in [0.15, 0.2) is 5.65 Å². The Hall–Kier alpha value is -4.98. The number of carbonyl (C=O) groups is 1. The zero-order valence-corrected chi connectivity index (χ0v) is 23.0. The summed E-state index contributed by atoms with van der Waals surface area (Å²) >= 11 is 0. The Morgan fingerprint density at radius 1 is 1.22 bits per heavy atom. The van der Waals surface area contributed by atoms with Gasteiger partial charge in [-0.25, -0.2) is 19.0 Å². The van der Waals surface area contributed by atoms with Crippen LogP contribution in [0.2, 0.25) is 0 Å². The van der Waals surface area contributed by atoms with E-state index in [2.05, 4.69) is 9.97 Å². The van der Waals surface area contributed by atoms with Crippen molar-refractivity contribution in [2.24, 2.45) is 5.41 Å². The summed E-state index contributed by atoms with van der Waals surface area (Å²) in [6.45, 7) is 6.62. The molecule has 2 aromatic carbocycles. The second-order valence-corrected chi connectivity index (χ2v) is 11.1. The zero-order chi connectivity index (χ0) is 29.3. The van der Waals surface area contributed by atoms with E-state index in [0.29, 0.717) is 42.7 Å². The number of aromatic nitrogens is 4. The van der Waals surface area contributed by atoms with Crippen LogP contribution in [0.5, 0.6) is 17.2 Å². The third kappa shape index (κ3) is 5.82. The molecule has 0 bridgehead atoms. The third-order valence-corrected chi connectivity index (χ3v) is 6.72. The van der Waals surface area contributed by atoms with E-state index in [1.807, 2.05) is 26.8 Å². The van der Waals surface area contributed by atoms with Gasteiger partial charge in [0.1, 0.15) is 52.5 Å². The zero-order valence-electron chi connectivity index (χ0n) is 23.0. The maximum atomic E-state index is 15.5. The number of nitrogens with zero attached hydrogens (tertiary/aromatic N) is 6. The molecular weight excluding hydrogens is 525 g/mol. The number of fused-ring (bicyclic) bond motifs is 1. The maximum Gasteiger partial charge on any atom is 0.264 e. The maximum absolute atomic E-state index is 15.5. The number of amides is 1. The topological polar surface area (TPSA) is 143 Å². The number of phenolic OH excluding ortho intramolecular Hbond substituents is 1. The van der Waals surface area contributed by atoms with Gasteiger partial charge in [-0.05, 0) is 42.5 Å². The smallest absolute Gasteiger partial charge is 0.264 e. The molecule has 41 heavy (non-hydrogen) atoms. The van der Waals surface area contributed by atoms with E-state index in [9.17, 15) is 15.2 Å². The summed E-state index contributed by atoms with van der Waals surface area (Å²) in [5.74, 6) is -0.139. The minimum absolute atomic E-state index is 0.0316. The number of likely N-dealkylation sites (tertiary alicyclic amines) is 1. The quantitative estimate of drug-likeness (QED) is 0.247. The molecule has 1 saturated heterocycles. The van der Waals surface area contributed by atoms with Crippen molar-refractivity contribution in [1.82, 2.24) is 24.6 Å². The molecule has 0 unspecified atom stereocenters. The van der Waals surface area contributed by atoms with Crippen molar-refractivity contribution >= 4 is 22.8 Å². The van der Waals surface area contributed by atoms with Gasteiger partial charge < -0.3 is 20.5 Å². The number of ether oxygens (including phenoxy) is 1. The van der Waals surface area contributed by atoms with E-state index in [-0.39, 0.29) is 51.5 Å². The van der Waals surface area contributed by atoms with Gasteiger partial charge in [0.25, 0.3) is 5.91 Å². The summed E-state index contributed by atoms with van der Waals surface area (Å²) in [6, 6.07) is 12.4. The van der Waals surface area contributed by atoms with Gasteiger partial charge in [-0.2, -0.15) is 10.4 Å². The van der Waals surface area contributed by atoms with Crippen molar-refractivity contribution in [3.05, 3.63) is 66.3 Å². The summed E-state index contributed by atoms with van der Waals surface area (Å²) in [7, 11) is 0. The number of hydrogen-bond donors (Lipinski definition) is 2. The van der Waals surface area contributed by atoms with Crippen LogP contribution in [0.25, 0.3) is 22.3 Å². The van der Waals surface area contributed by atoms with Gasteiger partial charge in [0.2, 0.25) is 0 Å². The molecule has 1 amide bonds. The monoisotopic (exact) mass is 555 g/mol. The van der Waals surface area contributed by atoms with E-state index in [1.54, 1.807) is 39.9 Å². The first-order valence-electron chi connectivity index (χ1n) is 13.2. The number of allylic oxidation sites excluding steroid dienone is 1. The number of hydrogen-bond acceptors (Lipinski definition) is 8. The molecule has 1 aliphatic heterocycles. The van der Waals surface area contributed by atoms with Crippen LogP contribution < -0.4 is 10.5 Å². The van der Waals surface area contributed by atoms with Crippen molar-refractivity contribution in [2.45, 2.75) is 39.7 Å². The van der Waals surface area contributed by atoms with Crippen molar-refractivity contribution in [3.8, 4) is 34.6 Å². The summed E-state index contributed by atoms with van der Waals surface area (Å²) in [4.78, 5) is 23.4. The van der Waals surface area contributed by atoms with E-state index in [1.165, 1.54) is 24.5 Å². The van der Waals surface area contributed by atoms with Gasteiger partial charge >= 0.3 is 0 Å². The van der Waals surface area contributed by atoms with Crippen LogP contribution in [0.4, 0.5) is 10.2 Å². The molecule has 210 valence electrons. The van der Waals surface area contributed by atoms with Crippen molar-refractivity contribution in [1.29, 1.82) is 5.26 Å². The Morgan fingerprint density at radius 3 is 2.71 bits per heavy atom. The number of rotatable bonds is 5. The average Bonchev–Trinajstić information content (AvgIpc) is 3.32. The molecule has 5 rings (SSSR count). The van der Waals surface area contributed by atoms with Crippen LogP contribution in [0.15, 0.2) is 60.4 Å². The summed E-state index contributed by atoms with van der Waals surface area (Å²) in [5, 5.41) is 24.5. The van der Waals surface area contributed by atoms with Crippen LogP contribution in [0, 0.1) is 22.6 Å². The highest BCUT2D eigenvalue weighted by molar-refractivity contribution is 5.99. The molecular formula is C30H30FN7O3. The number of halogens is 1. The Morgan fingerprint density at radius 2 is 2.00 bits per heavy atom. The van der Waals surface area contributed by atoms with Crippen molar-refractivity contribution < 1.29 is 19.0 Å². The Balaban J connectivity index is 1.49. The molecule has 11 heteroatoms. The highest BCUT2D eigenvalue weighted by Crippen LogP contribution is 2.36. The predicted molar refractivity (Wildman–Crippen MR) is 151 cm³/mol. The third-order valence-electron chi connectivity index (χ3n) is 6.72. The van der Waals surface area contributed by atoms with Crippen LogP contribution >= 0.6 is 0 Å². The molecule has 1 aliphatic rings.